The van der Waals surface area contributed by atoms with Gasteiger partial charge in [-0.3, -0.25) is 9.69 Å². The van der Waals surface area contributed by atoms with Crippen LogP contribution in [0.5, 0.6) is 5.75 Å². The topological polar surface area (TPSA) is 109 Å². The number of nitrogens with zero attached hydrogens (tertiary/aromatic N) is 2. The lowest BCUT2D eigenvalue weighted by atomic mass is 9.63. The van der Waals surface area contributed by atoms with Crippen molar-refractivity contribution in [1.29, 1.82) is 0 Å². The van der Waals surface area contributed by atoms with Crippen LogP contribution in [0.3, 0.4) is 0 Å². The zero-order valence-corrected chi connectivity index (χ0v) is 32.4. The smallest absolute Gasteiger partial charge is 0.264 e. The summed E-state index contributed by atoms with van der Waals surface area (Å²) < 4.78 is 48.3. The summed E-state index contributed by atoms with van der Waals surface area (Å²) in [5.41, 5.74) is 2.83. The number of rotatable bonds is 6. The molecule has 2 aromatic carbocycles. The Morgan fingerprint density at radius 2 is 1.94 bits per heavy atom. The lowest BCUT2D eigenvalue weighted by molar-refractivity contribution is -0.0735. The maximum Gasteiger partial charge on any atom is 0.264 e. The van der Waals surface area contributed by atoms with E-state index in [0.717, 1.165) is 88.8 Å². The first-order valence-corrected chi connectivity index (χ1v) is 21.1. The van der Waals surface area contributed by atoms with Crippen LogP contribution in [0.25, 0.3) is 0 Å². The molecule has 5 aliphatic rings. The Hall–Kier alpha value is -2.67. The number of anilines is 1. The number of carbonyl (C=O) groups excluding carboxylic acids is 1. The van der Waals surface area contributed by atoms with Gasteiger partial charge in [-0.2, -0.15) is 0 Å². The minimum Gasteiger partial charge on any atom is -0.490 e. The van der Waals surface area contributed by atoms with E-state index in [9.17, 15) is 13.2 Å². The molecule has 2 aromatic rings. The minimum absolute atomic E-state index is 0.226. The molecule has 7 rings (SSSR count). The number of nitrogens with one attached hydrogen (secondary N) is 2. The number of allylic oxidation sites excluding steroid dienone is 1. The van der Waals surface area contributed by atoms with Crippen molar-refractivity contribution in [1.82, 2.24) is 14.9 Å². The zero-order chi connectivity index (χ0) is 36.5. The Bertz CT molecular complexity index is 1750. The summed E-state index contributed by atoms with van der Waals surface area (Å²) in [4.78, 5) is 18.5. The quantitative estimate of drug-likeness (QED) is 0.305. The number of sulfonamides is 1. The van der Waals surface area contributed by atoms with Crippen LogP contribution < -0.4 is 19.7 Å². The number of fused-ring (bicyclic) bond motifs is 4. The second-order valence-electron chi connectivity index (χ2n) is 15.8. The number of hydrogen-bond donors (Lipinski definition) is 2. The summed E-state index contributed by atoms with van der Waals surface area (Å²) in [6.45, 7) is 11.5. The molecule has 0 unspecified atom stereocenters. The highest BCUT2D eigenvalue weighted by Crippen LogP contribution is 2.49. The van der Waals surface area contributed by atoms with Crippen LogP contribution in [0.2, 0.25) is 5.02 Å². The Balaban J connectivity index is 1.25. The average molecular weight is 755 g/mol. The molecule has 3 aliphatic heterocycles. The predicted molar refractivity (Wildman–Crippen MR) is 205 cm³/mol. The molecule has 284 valence electrons. The van der Waals surface area contributed by atoms with E-state index in [2.05, 4.69) is 44.1 Å². The summed E-state index contributed by atoms with van der Waals surface area (Å²) in [7, 11) is -2.14. The molecule has 3 heterocycles. The molecule has 2 fully saturated rings. The monoisotopic (exact) mass is 754 g/mol. The van der Waals surface area contributed by atoms with Crippen LogP contribution in [-0.2, 0) is 31.3 Å². The van der Waals surface area contributed by atoms with E-state index < -0.39 is 26.8 Å². The van der Waals surface area contributed by atoms with Gasteiger partial charge in [0, 0.05) is 68.9 Å². The van der Waals surface area contributed by atoms with Crippen molar-refractivity contribution < 1.29 is 27.4 Å². The van der Waals surface area contributed by atoms with Gasteiger partial charge in [0.15, 0.2) is 0 Å². The molecule has 6 atom stereocenters. The standard InChI is InChI=1S/C40H55ClN4O6S/c1-28-6-4-15-40(49-3,25-42-16-17-44-18-20-50-21-19-44)35-11-8-32(35)24-45-26-39(14-5-7-30-22-33(41)10-12-34(30)39)27-51-37-13-9-31(23-36(37)45)38(46)43-52(47,48)29(28)2/h4,9-10,12-13,15,22-23,28-29,32,35,42H,5-8,11,14,16-21,24-27H2,1-3H3,(H,43,46)/b15-4-/t28-,29+,32-,35+,39-,40+/m0/s1. The molecule has 1 saturated heterocycles. The van der Waals surface area contributed by atoms with Crippen LogP contribution >= 0.6 is 11.6 Å². The van der Waals surface area contributed by atoms with Crippen LogP contribution in [-0.4, -0.2) is 103 Å². The van der Waals surface area contributed by atoms with Gasteiger partial charge in [0.25, 0.3) is 5.91 Å². The summed E-state index contributed by atoms with van der Waals surface area (Å²) in [5, 5.41) is 3.71. The fraction of sp³-hybridized carbons (Fsp3) is 0.625. The number of carbonyl (C=O) groups is 1. The Morgan fingerprint density at radius 1 is 1.12 bits per heavy atom. The molecule has 12 heteroatoms. The SMILES string of the molecule is CO[C@@]1(CNCCN2CCOCC2)/C=C\C[C@H](C)[C@@H](C)S(=O)(=O)NC(=O)c2ccc3c(c2)N(C[C@@H]2CC[C@H]21)C[C@@]1(CCCc2cc(Cl)ccc21)CO3. The van der Waals surface area contributed by atoms with Crippen LogP contribution in [0.15, 0.2) is 48.6 Å². The maximum atomic E-state index is 13.6. The average Bonchev–Trinajstić information content (AvgIpc) is 3.27. The van der Waals surface area contributed by atoms with Gasteiger partial charge in [0.2, 0.25) is 10.0 Å². The van der Waals surface area contributed by atoms with E-state index in [1.54, 1.807) is 13.0 Å². The van der Waals surface area contributed by atoms with Crippen molar-refractivity contribution in [3.8, 4) is 5.75 Å². The summed E-state index contributed by atoms with van der Waals surface area (Å²) in [5.74, 6) is 0.421. The Kier molecular flexibility index (Phi) is 11.3. The van der Waals surface area contributed by atoms with Crippen molar-refractivity contribution in [2.75, 3.05) is 77.6 Å². The van der Waals surface area contributed by atoms with Crippen molar-refractivity contribution in [3.05, 3.63) is 70.3 Å². The first-order valence-electron chi connectivity index (χ1n) is 19.1. The van der Waals surface area contributed by atoms with Gasteiger partial charge in [-0.1, -0.05) is 36.7 Å². The van der Waals surface area contributed by atoms with Crippen LogP contribution in [0, 0.1) is 17.8 Å². The number of hydrogen-bond acceptors (Lipinski definition) is 9. The highest BCUT2D eigenvalue weighted by molar-refractivity contribution is 7.90. The third-order valence-electron chi connectivity index (χ3n) is 12.7. The first kappa shape index (κ1) is 37.6. The predicted octanol–water partition coefficient (Wildman–Crippen LogP) is 5.19. The molecule has 2 bridgehead atoms. The van der Waals surface area contributed by atoms with Crippen LogP contribution in [0.4, 0.5) is 5.69 Å². The van der Waals surface area contributed by atoms with E-state index in [1.807, 2.05) is 32.2 Å². The van der Waals surface area contributed by atoms with Gasteiger partial charge in [-0.05, 0) is 105 Å². The normalized spacial score (nSPS) is 32.8. The number of halogens is 1. The first-order chi connectivity index (χ1) is 25.0. The van der Waals surface area contributed by atoms with Gasteiger partial charge in [0.05, 0.1) is 30.8 Å². The lowest BCUT2D eigenvalue weighted by Crippen LogP contribution is -2.57. The number of methoxy groups -OCH3 is 1. The summed E-state index contributed by atoms with van der Waals surface area (Å²) >= 11 is 6.49. The van der Waals surface area contributed by atoms with Crippen molar-refractivity contribution in [2.24, 2.45) is 17.8 Å². The van der Waals surface area contributed by atoms with Gasteiger partial charge >= 0.3 is 0 Å². The highest BCUT2D eigenvalue weighted by atomic mass is 35.5. The van der Waals surface area contributed by atoms with E-state index >= 15 is 0 Å². The summed E-state index contributed by atoms with van der Waals surface area (Å²) in [6, 6.07) is 11.6. The van der Waals surface area contributed by atoms with Crippen molar-refractivity contribution in [3.63, 3.8) is 0 Å². The Labute approximate surface area is 314 Å². The fourth-order valence-corrected chi connectivity index (χ4v) is 10.7. The van der Waals surface area contributed by atoms with Gasteiger partial charge in [0.1, 0.15) is 11.4 Å². The molecular formula is C40H55ClN4O6S. The van der Waals surface area contributed by atoms with Gasteiger partial charge in [-0.15, -0.1) is 0 Å². The summed E-state index contributed by atoms with van der Waals surface area (Å²) in [6.07, 6.45) is 9.92. The van der Waals surface area contributed by atoms with E-state index in [0.29, 0.717) is 43.3 Å². The molecule has 1 saturated carbocycles. The van der Waals surface area contributed by atoms with E-state index in [4.69, 9.17) is 25.8 Å². The molecule has 1 amide bonds. The number of morpholine rings is 1. The Morgan fingerprint density at radius 3 is 2.71 bits per heavy atom. The van der Waals surface area contributed by atoms with Crippen molar-refractivity contribution in [2.45, 2.75) is 68.6 Å². The second-order valence-corrected chi connectivity index (χ2v) is 18.3. The molecule has 0 aromatic heterocycles. The number of benzene rings is 2. The van der Waals surface area contributed by atoms with Gasteiger partial charge in [-0.25, -0.2) is 13.1 Å². The van der Waals surface area contributed by atoms with Crippen molar-refractivity contribution >= 4 is 33.2 Å². The molecule has 10 nitrogen and oxygen atoms in total. The van der Waals surface area contributed by atoms with E-state index in [-0.39, 0.29) is 17.3 Å². The largest absolute Gasteiger partial charge is 0.490 e. The number of ether oxygens (including phenoxy) is 3. The molecule has 1 spiro atoms. The lowest BCUT2D eigenvalue weighted by Gasteiger charge is -2.50. The second kappa shape index (κ2) is 15.6. The number of aryl methyl sites for hydroxylation is 1. The highest BCUT2D eigenvalue weighted by Gasteiger charge is 2.49. The molecule has 52 heavy (non-hydrogen) atoms. The molecular weight excluding hydrogens is 700 g/mol. The molecule has 2 aliphatic carbocycles. The molecule has 0 radical (unpaired) electrons. The van der Waals surface area contributed by atoms with Gasteiger partial charge < -0.3 is 24.4 Å². The number of amides is 1. The zero-order valence-electron chi connectivity index (χ0n) is 30.9. The van der Waals surface area contributed by atoms with E-state index in [1.165, 1.54) is 11.1 Å². The third-order valence-corrected chi connectivity index (χ3v) is 14.9. The third kappa shape index (κ3) is 7.64. The fourth-order valence-electron chi connectivity index (χ4n) is 9.18. The minimum atomic E-state index is -3.95. The maximum absolute atomic E-state index is 13.6. The van der Waals surface area contributed by atoms with Crippen LogP contribution in [0.1, 0.15) is 67.4 Å². The molecule has 2 N–H and O–H groups in total.